The molecular weight excluding hydrogens is 256 g/mol. The minimum atomic E-state index is -2.45. The summed E-state index contributed by atoms with van der Waals surface area (Å²) in [6.07, 6.45) is -2.86. The van der Waals surface area contributed by atoms with E-state index in [1.807, 2.05) is 0 Å². The van der Waals surface area contributed by atoms with Gasteiger partial charge in [-0.05, 0) is 23.8 Å². The summed E-state index contributed by atoms with van der Waals surface area (Å²) >= 11 is 3.18. The molecule has 0 aromatic heterocycles. The lowest BCUT2D eigenvalue weighted by molar-refractivity contribution is 0.128. The average Bonchev–Trinajstić information content (AvgIpc) is 2.08. The molecule has 78 valence electrons. The number of hydrogen-bond donors (Lipinski definition) is 2. The Kier molecular flexibility index (Phi) is 3.83. The highest BCUT2D eigenvalue weighted by Crippen LogP contribution is 2.28. The number of alkyl halides is 2. The monoisotopic (exact) mass is 265 g/mol. The van der Waals surface area contributed by atoms with E-state index in [1.165, 1.54) is 12.1 Å². The molecule has 0 bridgehead atoms. The summed E-state index contributed by atoms with van der Waals surface area (Å²) in [5.41, 5.74) is 6.04. The molecule has 3 N–H and O–H groups in total. The first kappa shape index (κ1) is 11.4. The van der Waals surface area contributed by atoms with Crippen LogP contribution in [0.3, 0.4) is 0 Å². The number of benzene rings is 1. The molecule has 0 aliphatic rings. The van der Waals surface area contributed by atoms with Gasteiger partial charge in [-0.25, -0.2) is 8.78 Å². The molecule has 0 amide bonds. The molecule has 0 unspecified atom stereocenters. The average molecular weight is 266 g/mol. The van der Waals surface area contributed by atoms with E-state index in [9.17, 15) is 8.78 Å². The number of phenolic OH excluding ortho intramolecular Hbond substituents is 1. The van der Waals surface area contributed by atoms with Crippen molar-refractivity contribution in [2.45, 2.75) is 18.9 Å². The van der Waals surface area contributed by atoms with Crippen LogP contribution in [0.15, 0.2) is 22.7 Å². The van der Waals surface area contributed by atoms with Crippen LogP contribution in [0.5, 0.6) is 5.75 Å². The standard InChI is InChI=1S/C9H10BrF2NO/c10-7-2-1-5(14)3-6(7)8(13)4-9(11)12/h1-3,8-9,14H,4,13H2/t8-/m0/s1. The summed E-state index contributed by atoms with van der Waals surface area (Å²) in [5, 5.41) is 9.16. The molecule has 14 heavy (non-hydrogen) atoms. The zero-order valence-electron chi connectivity index (χ0n) is 7.25. The van der Waals surface area contributed by atoms with E-state index in [2.05, 4.69) is 15.9 Å². The van der Waals surface area contributed by atoms with Crippen molar-refractivity contribution in [2.75, 3.05) is 0 Å². The highest BCUT2D eigenvalue weighted by Gasteiger charge is 2.15. The minimum absolute atomic E-state index is 0.0212. The van der Waals surface area contributed by atoms with Crippen LogP contribution in [-0.2, 0) is 0 Å². The SMILES string of the molecule is N[C@@H](CC(F)F)c1cc(O)ccc1Br. The largest absolute Gasteiger partial charge is 0.508 e. The molecule has 1 rings (SSSR count). The fraction of sp³-hybridized carbons (Fsp3) is 0.333. The first-order valence-corrected chi connectivity index (χ1v) is 4.82. The Balaban J connectivity index is 2.88. The number of phenols is 1. The molecule has 0 saturated carbocycles. The molecule has 0 saturated heterocycles. The molecule has 1 atom stereocenters. The molecule has 0 heterocycles. The van der Waals surface area contributed by atoms with Crippen molar-refractivity contribution < 1.29 is 13.9 Å². The first-order valence-electron chi connectivity index (χ1n) is 4.03. The fourth-order valence-corrected chi connectivity index (χ4v) is 1.67. The van der Waals surface area contributed by atoms with Gasteiger partial charge in [-0.3, -0.25) is 0 Å². The van der Waals surface area contributed by atoms with Crippen molar-refractivity contribution in [3.05, 3.63) is 28.2 Å². The van der Waals surface area contributed by atoms with Gasteiger partial charge in [-0.2, -0.15) is 0 Å². The molecule has 0 radical (unpaired) electrons. The molecule has 0 spiro atoms. The van der Waals surface area contributed by atoms with Crippen LogP contribution in [0.2, 0.25) is 0 Å². The van der Waals surface area contributed by atoms with Gasteiger partial charge in [0.2, 0.25) is 6.43 Å². The molecule has 0 aliphatic heterocycles. The van der Waals surface area contributed by atoms with Crippen molar-refractivity contribution in [1.29, 1.82) is 0 Å². The Bertz CT molecular complexity index is 320. The maximum atomic E-state index is 12.0. The summed E-state index contributed by atoms with van der Waals surface area (Å²) in [6.45, 7) is 0. The molecule has 5 heteroatoms. The Labute approximate surface area is 88.9 Å². The summed E-state index contributed by atoms with van der Waals surface area (Å²) in [6, 6.07) is 3.66. The minimum Gasteiger partial charge on any atom is -0.508 e. The van der Waals surface area contributed by atoms with Gasteiger partial charge in [0.25, 0.3) is 0 Å². The first-order chi connectivity index (χ1) is 6.50. The second-order valence-electron chi connectivity index (χ2n) is 2.94. The fourth-order valence-electron chi connectivity index (χ4n) is 1.13. The predicted molar refractivity (Wildman–Crippen MR) is 53.4 cm³/mol. The Hall–Kier alpha value is -0.680. The van der Waals surface area contributed by atoms with E-state index in [1.54, 1.807) is 6.07 Å². The number of rotatable bonds is 3. The third-order valence-electron chi connectivity index (χ3n) is 1.81. The van der Waals surface area contributed by atoms with E-state index < -0.39 is 18.9 Å². The van der Waals surface area contributed by atoms with Gasteiger partial charge in [0, 0.05) is 16.9 Å². The van der Waals surface area contributed by atoms with E-state index in [-0.39, 0.29) is 5.75 Å². The van der Waals surface area contributed by atoms with Gasteiger partial charge in [-0.15, -0.1) is 0 Å². The van der Waals surface area contributed by atoms with Crippen LogP contribution in [0.25, 0.3) is 0 Å². The van der Waals surface area contributed by atoms with E-state index >= 15 is 0 Å². The second kappa shape index (κ2) is 4.70. The van der Waals surface area contributed by atoms with Crippen LogP contribution in [0.4, 0.5) is 8.78 Å². The summed E-state index contributed by atoms with van der Waals surface area (Å²) in [7, 11) is 0. The highest BCUT2D eigenvalue weighted by atomic mass is 79.9. The molecular formula is C9H10BrF2NO. The van der Waals surface area contributed by atoms with Crippen LogP contribution >= 0.6 is 15.9 Å². The normalized spacial score (nSPS) is 13.2. The van der Waals surface area contributed by atoms with Gasteiger partial charge in [0.15, 0.2) is 0 Å². The lowest BCUT2D eigenvalue weighted by Gasteiger charge is -2.13. The smallest absolute Gasteiger partial charge is 0.240 e. The van der Waals surface area contributed by atoms with Crippen molar-refractivity contribution in [3.63, 3.8) is 0 Å². The number of halogens is 3. The van der Waals surface area contributed by atoms with Gasteiger partial charge in [0.05, 0.1) is 0 Å². The molecule has 0 fully saturated rings. The zero-order chi connectivity index (χ0) is 10.7. The zero-order valence-corrected chi connectivity index (χ0v) is 8.84. The van der Waals surface area contributed by atoms with Crippen molar-refractivity contribution in [1.82, 2.24) is 0 Å². The molecule has 1 aromatic carbocycles. The van der Waals surface area contributed by atoms with E-state index in [4.69, 9.17) is 10.8 Å². The third kappa shape index (κ3) is 2.92. The molecule has 2 nitrogen and oxygen atoms in total. The highest BCUT2D eigenvalue weighted by molar-refractivity contribution is 9.10. The van der Waals surface area contributed by atoms with Crippen LogP contribution in [-0.4, -0.2) is 11.5 Å². The number of nitrogens with two attached hydrogens (primary N) is 1. The van der Waals surface area contributed by atoms with Crippen molar-refractivity contribution in [3.8, 4) is 5.75 Å². The van der Waals surface area contributed by atoms with Gasteiger partial charge < -0.3 is 10.8 Å². The van der Waals surface area contributed by atoms with Crippen molar-refractivity contribution >= 4 is 15.9 Å². The Morgan fingerprint density at radius 1 is 1.43 bits per heavy atom. The molecule has 1 aromatic rings. The third-order valence-corrected chi connectivity index (χ3v) is 2.53. The van der Waals surface area contributed by atoms with Gasteiger partial charge >= 0.3 is 0 Å². The Morgan fingerprint density at radius 3 is 2.64 bits per heavy atom. The topological polar surface area (TPSA) is 46.2 Å². The van der Waals surface area contributed by atoms with Crippen molar-refractivity contribution in [2.24, 2.45) is 5.73 Å². The molecule has 0 aliphatic carbocycles. The van der Waals surface area contributed by atoms with Crippen LogP contribution in [0, 0.1) is 0 Å². The maximum absolute atomic E-state index is 12.0. The summed E-state index contributed by atoms with van der Waals surface area (Å²) in [5.74, 6) is 0.0212. The second-order valence-corrected chi connectivity index (χ2v) is 3.79. The lowest BCUT2D eigenvalue weighted by Crippen LogP contribution is -2.14. The van der Waals surface area contributed by atoms with E-state index in [0.29, 0.717) is 10.0 Å². The quantitative estimate of drug-likeness (QED) is 0.883. The van der Waals surface area contributed by atoms with Crippen LogP contribution in [0.1, 0.15) is 18.0 Å². The van der Waals surface area contributed by atoms with E-state index in [0.717, 1.165) is 0 Å². The summed E-state index contributed by atoms with van der Waals surface area (Å²) in [4.78, 5) is 0. The number of hydrogen-bond acceptors (Lipinski definition) is 2. The predicted octanol–water partition coefficient (Wildman–Crippen LogP) is 2.81. The van der Waals surface area contributed by atoms with Crippen LogP contribution < -0.4 is 5.73 Å². The lowest BCUT2D eigenvalue weighted by atomic mass is 10.0. The Morgan fingerprint density at radius 2 is 2.07 bits per heavy atom. The summed E-state index contributed by atoms with van der Waals surface area (Å²) < 4.78 is 24.7. The van der Waals surface area contributed by atoms with Gasteiger partial charge in [0.1, 0.15) is 5.75 Å². The maximum Gasteiger partial charge on any atom is 0.240 e. The number of aromatic hydroxyl groups is 1. The van der Waals surface area contributed by atoms with Gasteiger partial charge in [-0.1, -0.05) is 15.9 Å².